The van der Waals surface area contributed by atoms with E-state index in [-0.39, 0.29) is 0 Å². The lowest BCUT2D eigenvalue weighted by Crippen LogP contribution is -2.45. The van der Waals surface area contributed by atoms with Crippen LogP contribution in [0, 0.1) is 0 Å². The fourth-order valence-corrected chi connectivity index (χ4v) is 3.70. The Morgan fingerprint density at radius 2 is 1.91 bits per heavy atom. The molecule has 2 aromatic rings. The van der Waals surface area contributed by atoms with Crippen molar-refractivity contribution in [2.24, 2.45) is 0 Å². The third kappa shape index (κ3) is 3.51. The first kappa shape index (κ1) is 16.3. The van der Waals surface area contributed by atoms with Crippen molar-refractivity contribution in [3.63, 3.8) is 0 Å². The smallest absolute Gasteiger partial charge is 0.124 e. The highest BCUT2D eigenvalue weighted by molar-refractivity contribution is 5.88. The maximum atomic E-state index is 5.76. The van der Waals surface area contributed by atoms with E-state index in [2.05, 4.69) is 53.5 Å². The van der Waals surface area contributed by atoms with Gasteiger partial charge in [0.15, 0.2) is 0 Å². The largest absolute Gasteiger partial charge is 0.496 e. The fraction of sp³-hybridized carbons (Fsp3) is 0.500. The number of methoxy groups -OCH3 is 1. The van der Waals surface area contributed by atoms with Crippen molar-refractivity contribution in [1.29, 1.82) is 0 Å². The number of hydrogen-bond donors (Lipinski definition) is 1. The number of benzene rings is 2. The zero-order chi connectivity index (χ0) is 16.1. The minimum atomic E-state index is 0.443. The van der Waals surface area contributed by atoms with Gasteiger partial charge in [-0.3, -0.25) is 4.90 Å². The Morgan fingerprint density at radius 3 is 2.65 bits per heavy atom. The van der Waals surface area contributed by atoms with Crippen LogP contribution < -0.4 is 10.1 Å². The van der Waals surface area contributed by atoms with Gasteiger partial charge in [0, 0.05) is 37.8 Å². The van der Waals surface area contributed by atoms with Gasteiger partial charge in [0.1, 0.15) is 5.75 Å². The molecule has 1 aliphatic heterocycles. The van der Waals surface area contributed by atoms with Crippen LogP contribution in [0.2, 0.25) is 0 Å². The van der Waals surface area contributed by atoms with E-state index in [1.807, 2.05) is 0 Å². The van der Waals surface area contributed by atoms with Crippen molar-refractivity contribution in [1.82, 2.24) is 10.2 Å². The molecule has 1 fully saturated rings. The van der Waals surface area contributed by atoms with Crippen LogP contribution in [0.15, 0.2) is 36.4 Å². The highest BCUT2D eigenvalue weighted by Gasteiger charge is 2.26. The summed E-state index contributed by atoms with van der Waals surface area (Å²) < 4.78 is 5.76. The van der Waals surface area contributed by atoms with Crippen LogP contribution in [0.3, 0.4) is 0 Å². The molecule has 1 atom stereocenters. The molecule has 0 bridgehead atoms. The number of nitrogens with one attached hydrogen (secondary N) is 1. The average molecular weight is 312 g/mol. The second-order valence-electron chi connectivity index (χ2n) is 6.35. The third-order valence-electron chi connectivity index (χ3n) is 4.91. The molecule has 124 valence electrons. The molecule has 0 unspecified atom stereocenters. The molecule has 1 aliphatic rings. The Kier molecular flexibility index (Phi) is 5.52. The highest BCUT2D eigenvalue weighted by Crippen LogP contribution is 2.38. The average Bonchev–Trinajstić information content (AvgIpc) is 2.63. The van der Waals surface area contributed by atoms with Gasteiger partial charge in [0.05, 0.1) is 7.11 Å². The summed E-state index contributed by atoms with van der Waals surface area (Å²) >= 11 is 0. The lowest BCUT2D eigenvalue weighted by atomic mass is 9.92. The highest BCUT2D eigenvalue weighted by atomic mass is 16.5. The number of hydrogen-bond acceptors (Lipinski definition) is 3. The van der Waals surface area contributed by atoms with Gasteiger partial charge in [0.2, 0.25) is 0 Å². The molecule has 0 amide bonds. The van der Waals surface area contributed by atoms with Gasteiger partial charge in [-0.25, -0.2) is 0 Å². The first-order valence-corrected chi connectivity index (χ1v) is 8.85. The van der Waals surface area contributed by atoms with E-state index in [0.29, 0.717) is 6.04 Å². The Morgan fingerprint density at radius 1 is 1.13 bits per heavy atom. The van der Waals surface area contributed by atoms with Crippen molar-refractivity contribution in [3.8, 4) is 5.75 Å². The third-order valence-corrected chi connectivity index (χ3v) is 4.91. The van der Waals surface area contributed by atoms with E-state index in [9.17, 15) is 0 Å². The van der Waals surface area contributed by atoms with Crippen molar-refractivity contribution >= 4 is 10.8 Å². The summed E-state index contributed by atoms with van der Waals surface area (Å²) in [6.45, 7) is 6.65. The number of fused-ring (bicyclic) bond motifs is 1. The summed E-state index contributed by atoms with van der Waals surface area (Å²) in [4.78, 5) is 2.64. The predicted octanol–water partition coefficient (Wildman–Crippen LogP) is 3.98. The molecule has 3 nitrogen and oxygen atoms in total. The maximum Gasteiger partial charge on any atom is 0.124 e. The first-order chi connectivity index (χ1) is 11.3. The van der Waals surface area contributed by atoms with E-state index in [4.69, 9.17) is 4.74 Å². The van der Waals surface area contributed by atoms with Gasteiger partial charge in [-0.15, -0.1) is 0 Å². The van der Waals surface area contributed by atoms with E-state index in [1.165, 1.54) is 35.6 Å². The number of unbranched alkanes of at least 4 members (excludes halogenated alkanes) is 1. The van der Waals surface area contributed by atoms with E-state index < -0.39 is 0 Å². The maximum absolute atomic E-state index is 5.76. The van der Waals surface area contributed by atoms with Gasteiger partial charge in [-0.2, -0.15) is 0 Å². The molecule has 0 aromatic heterocycles. The second kappa shape index (κ2) is 7.80. The fourth-order valence-electron chi connectivity index (χ4n) is 3.70. The number of ether oxygens (including phenoxy) is 1. The van der Waals surface area contributed by atoms with Gasteiger partial charge in [0.25, 0.3) is 0 Å². The molecule has 1 N–H and O–H groups in total. The molecule has 23 heavy (non-hydrogen) atoms. The molecule has 0 spiro atoms. The molecule has 0 aliphatic carbocycles. The van der Waals surface area contributed by atoms with E-state index in [0.717, 1.165) is 31.9 Å². The van der Waals surface area contributed by atoms with Crippen molar-refractivity contribution in [2.45, 2.75) is 32.2 Å². The molecule has 1 saturated heterocycles. The first-order valence-electron chi connectivity index (χ1n) is 8.85. The topological polar surface area (TPSA) is 24.5 Å². The quantitative estimate of drug-likeness (QED) is 0.873. The number of nitrogens with zero attached hydrogens (tertiary/aromatic N) is 1. The Bertz CT molecular complexity index is 635. The predicted molar refractivity (Wildman–Crippen MR) is 97.2 cm³/mol. The summed E-state index contributed by atoms with van der Waals surface area (Å²) in [5.41, 5.74) is 1.38. The lowest BCUT2D eigenvalue weighted by Gasteiger charge is -2.36. The van der Waals surface area contributed by atoms with Crippen LogP contribution in [-0.2, 0) is 0 Å². The minimum Gasteiger partial charge on any atom is -0.496 e. The summed E-state index contributed by atoms with van der Waals surface area (Å²) in [6.07, 6.45) is 3.68. The van der Waals surface area contributed by atoms with Gasteiger partial charge in [-0.05, 0) is 23.3 Å². The lowest BCUT2D eigenvalue weighted by molar-refractivity contribution is 0.161. The zero-order valence-electron chi connectivity index (χ0n) is 14.3. The van der Waals surface area contributed by atoms with Crippen LogP contribution in [0.1, 0.15) is 37.8 Å². The van der Waals surface area contributed by atoms with Crippen molar-refractivity contribution < 1.29 is 4.74 Å². The molecule has 2 aromatic carbocycles. The monoisotopic (exact) mass is 312 g/mol. The summed E-state index contributed by atoms with van der Waals surface area (Å²) in [6, 6.07) is 13.5. The van der Waals surface area contributed by atoms with Crippen LogP contribution in [0.5, 0.6) is 5.75 Å². The zero-order valence-corrected chi connectivity index (χ0v) is 14.3. The van der Waals surface area contributed by atoms with E-state index >= 15 is 0 Å². The number of piperazine rings is 1. The minimum absolute atomic E-state index is 0.443. The van der Waals surface area contributed by atoms with Crippen LogP contribution in [-0.4, -0.2) is 38.2 Å². The Hall–Kier alpha value is -1.58. The number of rotatable bonds is 6. The van der Waals surface area contributed by atoms with E-state index in [1.54, 1.807) is 7.11 Å². The van der Waals surface area contributed by atoms with Crippen LogP contribution in [0.25, 0.3) is 10.8 Å². The molecule has 3 heteroatoms. The van der Waals surface area contributed by atoms with Crippen molar-refractivity contribution in [3.05, 3.63) is 42.0 Å². The normalized spacial score (nSPS) is 17.3. The van der Waals surface area contributed by atoms with Crippen molar-refractivity contribution in [2.75, 3.05) is 33.3 Å². The molecule has 1 heterocycles. The SMILES string of the molecule is CCCC[C@H](c1c(OC)ccc2ccccc12)N1CCNCC1. The Labute approximate surface area is 139 Å². The van der Waals surface area contributed by atoms with Gasteiger partial charge < -0.3 is 10.1 Å². The molecule has 3 rings (SSSR count). The van der Waals surface area contributed by atoms with Crippen LogP contribution >= 0.6 is 0 Å². The molecular weight excluding hydrogens is 284 g/mol. The standard InChI is InChI=1S/C20H28N2O/c1-3-4-9-18(22-14-12-21-13-15-22)20-17-8-6-5-7-16(17)10-11-19(20)23-2/h5-8,10-11,18,21H,3-4,9,12-15H2,1-2H3/t18-/m1/s1. The summed E-state index contributed by atoms with van der Waals surface area (Å²) in [7, 11) is 1.79. The summed E-state index contributed by atoms with van der Waals surface area (Å²) in [5.74, 6) is 1.03. The summed E-state index contributed by atoms with van der Waals surface area (Å²) in [5, 5.41) is 6.11. The van der Waals surface area contributed by atoms with Crippen LogP contribution in [0.4, 0.5) is 0 Å². The van der Waals surface area contributed by atoms with Gasteiger partial charge >= 0.3 is 0 Å². The van der Waals surface area contributed by atoms with Gasteiger partial charge in [-0.1, -0.05) is 50.1 Å². The Balaban J connectivity index is 2.07. The molecule has 0 radical (unpaired) electrons. The molecular formula is C20H28N2O. The second-order valence-corrected chi connectivity index (χ2v) is 6.35. The molecule has 0 saturated carbocycles.